The number of fused-ring (bicyclic) bond motifs is 14. The molecule has 72 heavy (non-hydrogen) atoms. The third-order valence-electron chi connectivity index (χ3n) is 14.4. The van der Waals surface area contributed by atoms with E-state index < -0.39 is 0 Å². The van der Waals surface area contributed by atoms with Crippen LogP contribution in [0, 0.1) is 11.6 Å². The van der Waals surface area contributed by atoms with Gasteiger partial charge in [0.1, 0.15) is 11.6 Å². The topological polar surface area (TPSA) is 58.4 Å². The summed E-state index contributed by atoms with van der Waals surface area (Å²) >= 11 is 0. The van der Waals surface area contributed by atoms with E-state index in [9.17, 15) is 4.39 Å². The molecule has 5 aromatic heterocycles. The Hall–Kier alpha value is -9.73. The highest BCUT2D eigenvalue weighted by atomic mass is 19.1. The van der Waals surface area contributed by atoms with Crippen LogP contribution in [0.2, 0.25) is 0 Å². The van der Waals surface area contributed by atoms with Gasteiger partial charge in [0.2, 0.25) is 11.9 Å². The summed E-state index contributed by atoms with van der Waals surface area (Å²) in [6, 6.07) is 74.2. The van der Waals surface area contributed by atoms with Crippen LogP contribution in [-0.4, -0.2) is 33.2 Å². The zero-order chi connectivity index (χ0) is 47.6. The molecule has 7 nitrogen and oxygen atoms in total. The van der Waals surface area contributed by atoms with E-state index in [1.54, 1.807) is 6.07 Å². The lowest BCUT2D eigenvalue weighted by Gasteiger charge is -2.13. The van der Waals surface area contributed by atoms with Gasteiger partial charge in [-0.3, -0.25) is 9.13 Å². The zero-order valence-electron chi connectivity index (χ0n) is 38.2. The number of para-hydroxylation sites is 5. The molecule has 0 unspecified atom stereocenters. The van der Waals surface area contributed by atoms with Crippen molar-refractivity contribution < 1.29 is 8.78 Å². The van der Waals surface area contributed by atoms with Crippen LogP contribution in [0.25, 0.3) is 133 Å². The standard InChI is InChI=1S/C63H37F2N7/c64-41-30-32-42(33-31-41)69-52-23-11-6-18-47(52)57-55(69)36-34-46-44-17-5-10-22-51(44)72(60(46)57)63-67-61(40-28-26-39(27-29-40)38-14-2-1-3-15-38)66-62(68-63)71-53-24-12-7-19-48(53)58-56(71)37-35-45-43-16-4-9-21-50(43)70(59(45)58)54-25-13-8-20-49(54)65/h1-37H. The molecule has 0 amide bonds. The molecule has 10 aromatic carbocycles. The lowest BCUT2D eigenvalue weighted by molar-refractivity contribution is 0.621. The van der Waals surface area contributed by atoms with Gasteiger partial charge < -0.3 is 9.13 Å². The Balaban J connectivity index is 1.07. The summed E-state index contributed by atoms with van der Waals surface area (Å²) in [5.74, 6) is 0.749. The van der Waals surface area contributed by atoms with Crippen molar-refractivity contribution in [2.24, 2.45) is 0 Å². The first-order valence-corrected chi connectivity index (χ1v) is 23.9. The Kier molecular flexibility index (Phi) is 8.59. The quantitative estimate of drug-likeness (QED) is 0.167. The van der Waals surface area contributed by atoms with Crippen LogP contribution in [0.15, 0.2) is 224 Å². The molecule has 0 saturated heterocycles. The minimum Gasteiger partial charge on any atom is -0.309 e. The largest absolute Gasteiger partial charge is 0.309 e. The van der Waals surface area contributed by atoms with Crippen molar-refractivity contribution in [3.8, 4) is 45.8 Å². The van der Waals surface area contributed by atoms with Crippen molar-refractivity contribution >= 4 is 87.2 Å². The molecule has 0 fully saturated rings. The number of rotatable bonds is 6. The van der Waals surface area contributed by atoms with Gasteiger partial charge in [0.25, 0.3) is 0 Å². The Labute approximate surface area is 409 Å². The third-order valence-corrected chi connectivity index (χ3v) is 14.4. The SMILES string of the molecule is Fc1ccc(-n2c3ccccc3c3c2ccc2c4ccccc4n(-c4nc(-c5ccc(-c6ccccc6)cc5)nc(-n5c6ccccc6c6c5ccc5c7ccccc7n(-c7ccccc7F)c56)n4)c23)cc1. The van der Waals surface area contributed by atoms with E-state index in [1.165, 1.54) is 18.2 Å². The lowest BCUT2D eigenvalue weighted by Crippen LogP contribution is -2.10. The molecule has 0 spiro atoms. The predicted octanol–water partition coefficient (Wildman–Crippen LogP) is 15.9. The van der Waals surface area contributed by atoms with E-state index in [0.717, 1.165) is 110 Å². The first-order valence-electron chi connectivity index (χ1n) is 23.9. The van der Waals surface area contributed by atoms with E-state index in [0.29, 0.717) is 23.4 Å². The fraction of sp³-hybridized carbons (Fsp3) is 0. The van der Waals surface area contributed by atoms with Crippen molar-refractivity contribution in [2.45, 2.75) is 0 Å². The lowest BCUT2D eigenvalue weighted by atomic mass is 10.0. The second-order valence-corrected chi connectivity index (χ2v) is 18.3. The molecule has 5 heterocycles. The van der Waals surface area contributed by atoms with Crippen LogP contribution in [-0.2, 0) is 0 Å². The summed E-state index contributed by atoms with van der Waals surface area (Å²) in [4.78, 5) is 16.5. The van der Waals surface area contributed by atoms with Crippen LogP contribution >= 0.6 is 0 Å². The van der Waals surface area contributed by atoms with E-state index >= 15 is 4.39 Å². The molecule has 0 aliphatic carbocycles. The maximum absolute atomic E-state index is 16.1. The van der Waals surface area contributed by atoms with Crippen molar-refractivity contribution in [1.29, 1.82) is 0 Å². The number of nitrogens with zero attached hydrogens (tertiary/aromatic N) is 7. The molecule has 0 aliphatic heterocycles. The van der Waals surface area contributed by atoms with Gasteiger partial charge >= 0.3 is 0 Å². The normalized spacial score (nSPS) is 12.0. The van der Waals surface area contributed by atoms with E-state index in [4.69, 9.17) is 15.0 Å². The molecule has 0 atom stereocenters. The maximum atomic E-state index is 16.1. The van der Waals surface area contributed by atoms with E-state index in [-0.39, 0.29) is 11.6 Å². The Morgan fingerprint density at radius 1 is 0.292 bits per heavy atom. The molecular weight excluding hydrogens is 893 g/mol. The predicted molar refractivity (Wildman–Crippen MR) is 288 cm³/mol. The van der Waals surface area contributed by atoms with Crippen LogP contribution in [0.3, 0.4) is 0 Å². The summed E-state index contributed by atoms with van der Waals surface area (Å²) in [6.07, 6.45) is 0. The summed E-state index contributed by atoms with van der Waals surface area (Å²) in [7, 11) is 0. The summed E-state index contributed by atoms with van der Waals surface area (Å²) in [6.45, 7) is 0. The molecule has 0 aliphatic rings. The van der Waals surface area contributed by atoms with Crippen molar-refractivity contribution in [2.75, 3.05) is 0 Å². The molecule has 0 N–H and O–H groups in total. The van der Waals surface area contributed by atoms with Gasteiger partial charge in [0.15, 0.2) is 5.82 Å². The number of halogens is 2. The van der Waals surface area contributed by atoms with Gasteiger partial charge in [-0.15, -0.1) is 0 Å². The van der Waals surface area contributed by atoms with Crippen molar-refractivity contribution in [1.82, 2.24) is 33.2 Å². The third kappa shape index (κ3) is 5.79. The van der Waals surface area contributed by atoms with Gasteiger partial charge in [-0.05, 0) is 83.9 Å². The molecule has 0 radical (unpaired) electrons. The Morgan fingerprint density at radius 3 is 1.38 bits per heavy atom. The second kappa shape index (κ2) is 15.4. The number of hydrogen-bond donors (Lipinski definition) is 0. The van der Waals surface area contributed by atoms with Gasteiger partial charge in [-0.1, -0.05) is 152 Å². The highest BCUT2D eigenvalue weighted by molar-refractivity contribution is 6.27. The number of aromatic nitrogens is 7. The fourth-order valence-electron chi connectivity index (χ4n) is 11.3. The number of benzene rings is 10. The molecule has 0 saturated carbocycles. The Morgan fingerprint density at radius 2 is 0.750 bits per heavy atom. The zero-order valence-corrected chi connectivity index (χ0v) is 38.2. The summed E-state index contributed by atoms with van der Waals surface area (Å²) < 4.78 is 39.2. The smallest absolute Gasteiger partial charge is 0.240 e. The molecule has 9 heteroatoms. The minimum atomic E-state index is -0.313. The first-order chi connectivity index (χ1) is 35.6. The Bertz CT molecular complexity index is 4700. The molecule has 0 bridgehead atoms. The molecule has 15 aromatic rings. The summed E-state index contributed by atoms with van der Waals surface area (Å²) in [5.41, 5.74) is 11.7. The molecule has 15 rings (SSSR count). The maximum Gasteiger partial charge on any atom is 0.240 e. The van der Waals surface area contributed by atoms with Crippen molar-refractivity contribution in [3.05, 3.63) is 236 Å². The fourth-order valence-corrected chi connectivity index (χ4v) is 11.3. The van der Waals surface area contributed by atoms with Crippen LogP contribution in [0.4, 0.5) is 8.78 Å². The van der Waals surface area contributed by atoms with Gasteiger partial charge in [-0.2, -0.15) is 15.0 Å². The molecular formula is C63H37F2N7. The average Bonchev–Trinajstić information content (AvgIpc) is 4.17. The summed E-state index contributed by atoms with van der Waals surface area (Å²) in [5, 5.41) is 8.09. The second-order valence-electron chi connectivity index (χ2n) is 18.3. The minimum absolute atomic E-state index is 0.293. The highest BCUT2D eigenvalue weighted by Crippen LogP contribution is 2.44. The van der Waals surface area contributed by atoms with Gasteiger partial charge in [0.05, 0.1) is 49.8 Å². The van der Waals surface area contributed by atoms with Crippen LogP contribution in [0.1, 0.15) is 0 Å². The first kappa shape index (κ1) is 40.2. The molecule has 338 valence electrons. The van der Waals surface area contributed by atoms with E-state index in [1.807, 2.05) is 72.8 Å². The number of hydrogen-bond acceptors (Lipinski definition) is 3. The highest BCUT2D eigenvalue weighted by Gasteiger charge is 2.26. The monoisotopic (exact) mass is 929 g/mol. The van der Waals surface area contributed by atoms with Gasteiger partial charge in [0, 0.05) is 54.3 Å². The van der Waals surface area contributed by atoms with Gasteiger partial charge in [-0.25, -0.2) is 8.78 Å². The van der Waals surface area contributed by atoms with Crippen LogP contribution in [0.5, 0.6) is 0 Å². The average molecular weight is 930 g/mol. The van der Waals surface area contributed by atoms with Crippen LogP contribution < -0.4 is 0 Å². The van der Waals surface area contributed by atoms with Crippen molar-refractivity contribution in [3.63, 3.8) is 0 Å². The van der Waals surface area contributed by atoms with E-state index in [2.05, 4.69) is 146 Å².